The molecule has 0 atom stereocenters. The number of amides is 1. The van der Waals surface area contributed by atoms with Gasteiger partial charge in [0, 0.05) is 7.05 Å². The summed E-state index contributed by atoms with van der Waals surface area (Å²) in [6.45, 7) is 6.37. The smallest absolute Gasteiger partial charge is 0.413 e. The molecule has 18 heavy (non-hydrogen) atoms. The molecule has 0 radical (unpaired) electrons. The fourth-order valence-electron chi connectivity index (χ4n) is 1.65. The van der Waals surface area contributed by atoms with Crippen molar-refractivity contribution < 1.29 is 14.3 Å². The molecular weight excluding hydrogens is 230 g/mol. The van der Waals surface area contributed by atoms with Gasteiger partial charge in [0.2, 0.25) is 0 Å². The van der Waals surface area contributed by atoms with Crippen molar-refractivity contribution in [3.8, 4) is 5.75 Å². The highest BCUT2D eigenvalue weighted by Gasteiger charge is 2.20. The Labute approximate surface area is 108 Å². The third kappa shape index (κ3) is 2.94. The average Bonchev–Trinajstić information content (AvgIpc) is 2.35. The molecule has 1 rings (SSSR count). The maximum Gasteiger partial charge on any atom is 0.413 e. The highest BCUT2D eigenvalue weighted by molar-refractivity contribution is 5.89. The Morgan fingerprint density at radius 3 is 2.28 bits per heavy atom. The quantitative estimate of drug-likeness (QED) is 0.810. The molecule has 0 aliphatic rings. The van der Waals surface area contributed by atoms with E-state index in [1.165, 1.54) is 12.0 Å². The van der Waals surface area contributed by atoms with Crippen LogP contribution in [0.2, 0.25) is 0 Å². The van der Waals surface area contributed by atoms with Crippen LogP contribution < -0.4 is 9.64 Å². The molecule has 4 nitrogen and oxygen atoms in total. The van der Waals surface area contributed by atoms with Gasteiger partial charge in [0.25, 0.3) is 0 Å². The number of benzene rings is 1. The summed E-state index contributed by atoms with van der Waals surface area (Å²) in [6.07, 6.45) is -0.417. The first-order chi connectivity index (χ1) is 8.31. The second kappa shape index (κ2) is 5.29. The van der Waals surface area contributed by atoms with Gasteiger partial charge in [0.1, 0.15) is 5.75 Å². The maximum atomic E-state index is 11.6. The van der Waals surface area contributed by atoms with Gasteiger partial charge < -0.3 is 9.47 Å². The molecule has 100 valence electrons. The molecule has 0 N–H and O–H groups in total. The lowest BCUT2D eigenvalue weighted by Crippen LogP contribution is -2.27. The van der Waals surface area contributed by atoms with Crippen LogP contribution in [0, 0.1) is 0 Å². The zero-order valence-electron chi connectivity index (χ0n) is 11.9. The van der Waals surface area contributed by atoms with Crippen LogP contribution in [0.15, 0.2) is 18.2 Å². The predicted octanol–water partition coefficient (Wildman–Crippen LogP) is 3.20. The van der Waals surface area contributed by atoms with Gasteiger partial charge in [-0.15, -0.1) is 0 Å². The lowest BCUT2D eigenvalue weighted by molar-refractivity contribution is 0.180. The van der Waals surface area contributed by atoms with E-state index >= 15 is 0 Å². The Morgan fingerprint density at radius 1 is 1.22 bits per heavy atom. The molecule has 0 spiro atoms. The number of ether oxygens (including phenoxy) is 2. The van der Waals surface area contributed by atoms with E-state index in [9.17, 15) is 4.79 Å². The lowest BCUT2D eigenvalue weighted by Gasteiger charge is -2.24. The first-order valence-corrected chi connectivity index (χ1v) is 5.81. The van der Waals surface area contributed by atoms with Crippen LogP contribution >= 0.6 is 0 Å². The molecule has 0 fully saturated rings. The topological polar surface area (TPSA) is 38.8 Å². The monoisotopic (exact) mass is 251 g/mol. The Balaban J connectivity index is 3.26. The molecule has 0 aliphatic heterocycles. The number of anilines is 1. The van der Waals surface area contributed by atoms with Crippen LogP contribution in [0.5, 0.6) is 5.75 Å². The SMILES string of the molecule is COC(=O)N(C)c1cc(C(C)(C)C)ccc1OC. The van der Waals surface area contributed by atoms with Gasteiger partial charge in [-0.25, -0.2) is 4.79 Å². The standard InChI is InChI=1S/C14H21NO3/c1-14(2,3)10-7-8-12(17-5)11(9-10)15(4)13(16)18-6/h7-9H,1-6H3. The third-order valence-electron chi connectivity index (χ3n) is 2.85. The summed E-state index contributed by atoms with van der Waals surface area (Å²) in [4.78, 5) is 13.0. The highest BCUT2D eigenvalue weighted by atomic mass is 16.5. The van der Waals surface area contributed by atoms with Crippen molar-refractivity contribution in [2.75, 3.05) is 26.2 Å². The van der Waals surface area contributed by atoms with Crippen LogP contribution in [-0.2, 0) is 10.2 Å². The first kappa shape index (κ1) is 14.4. The molecule has 0 saturated heterocycles. The van der Waals surface area contributed by atoms with Gasteiger partial charge in [0.05, 0.1) is 19.9 Å². The number of rotatable bonds is 2. The lowest BCUT2D eigenvalue weighted by atomic mass is 9.86. The second-order valence-corrected chi connectivity index (χ2v) is 5.17. The van der Waals surface area contributed by atoms with Crippen LogP contribution in [0.3, 0.4) is 0 Å². The van der Waals surface area contributed by atoms with Gasteiger partial charge in [-0.2, -0.15) is 0 Å². The van der Waals surface area contributed by atoms with Crippen LogP contribution in [0.1, 0.15) is 26.3 Å². The Morgan fingerprint density at radius 2 is 1.83 bits per heavy atom. The minimum atomic E-state index is -0.417. The van der Waals surface area contributed by atoms with Crippen LogP contribution in [-0.4, -0.2) is 27.4 Å². The number of hydrogen-bond acceptors (Lipinski definition) is 3. The largest absolute Gasteiger partial charge is 0.495 e. The van der Waals surface area contributed by atoms with Crippen LogP contribution in [0.4, 0.5) is 10.5 Å². The van der Waals surface area contributed by atoms with Gasteiger partial charge in [-0.05, 0) is 23.1 Å². The van der Waals surface area contributed by atoms with E-state index in [1.807, 2.05) is 18.2 Å². The average molecular weight is 251 g/mol. The minimum Gasteiger partial charge on any atom is -0.495 e. The Kier molecular flexibility index (Phi) is 4.22. The van der Waals surface area contributed by atoms with Gasteiger partial charge in [-0.3, -0.25) is 4.90 Å². The molecule has 1 aromatic rings. The highest BCUT2D eigenvalue weighted by Crippen LogP contribution is 2.33. The number of hydrogen-bond donors (Lipinski definition) is 0. The minimum absolute atomic E-state index is 0.0119. The molecular formula is C14H21NO3. The summed E-state index contributed by atoms with van der Waals surface area (Å²) in [5.41, 5.74) is 1.85. The Bertz CT molecular complexity index is 435. The third-order valence-corrected chi connectivity index (χ3v) is 2.85. The predicted molar refractivity (Wildman–Crippen MR) is 72.5 cm³/mol. The summed E-state index contributed by atoms with van der Waals surface area (Å²) < 4.78 is 10.0. The number of nitrogens with zero attached hydrogens (tertiary/aromatic N) is 1. The summed E-state index contributed by atoms with van der Waals surface area (Å²) in [5, 5.41) is 0. The van der Waals surface area contributed by atoms with Crippen molar-refractivity contribution in [1.82, 2.24) is 0 Å². The number of carbonyl (C=O) groups is 1. The van der Waals surface area contributed by atoms with Crippen molar-refractivity contribution in [1.29, 1.82) is 0 Å². The van der Waals surface area contributed by atoms with Crippen molar-refractivity contribution in [3.05, 3.63) is 23.8 Å². The summed E-state index contributed by atoms with van der Waals surface area (Å²) in [5.74, 6) is 0.649. The molecule has 1 aromatic carbocycles. The van der Waals surface area contributed by atoms with E-state index in [0.29, 0.717) is 11.4 Å². The second-order valence-electron chi connectivity index (χ2n) is 5.17. The molecule has 4 heteroatoms. The van der Waals surface area contributed by atoms with Gasteiger partial charge in [0.15, 0.2) is 0 Å². The van der Waals surface area contributed by atoms with Crippen molar-refractivity contribution >= 4 is 11.8 Å². The normalized spacial score (nSPS) is 11.0. The van der Waals surface area contributed by atoms with Crippen molar-refractivity contribution in [3.63, 3.8) is 0 Å². The van der Waals surface area contributed by atoms with Gasteiger partial charge in [-0.1, -0.05) is 26.8 Å². The van der Waals surface area contributed by atoms with E-state index in [2.05, 4.69) is 20.8 Å². The molecule has 0 aliphatic carbocycles. The first-order valence-electron chi connectivity index (χ1n) is 5.81. The molecule has 0 aromatic heterocycles. The molecule has 0 saturated carbocycles. The van der Waals surface area contributed by atoms with E-state index in [4.69, 9.17) is 9.47 Å². The molecule has 0 unspecified atom stereocenters. The number of methoxy groups -OCH3 is 2. The van der Waals surface area contributed by atoms with Crippen molar-refractivity contribution in [2.24, 2.45) is 0 Å². The Hall–Kier alpha value is -1.71. The molecule has 0 heterocycles. The zero-order valence-corrected chi connectivity index (χ0v) is 11.9. The maximum absolute atomic E-state index is 11.6. The van der Waals surface area contributed by atoms with Gasteiger partial charge >= 0.3 is 6.09 Å². The fourth-order valence-corrected chi connectivity index (χ4v) is 1.65. The zero-order chi connectivity index (χ0) is 13.9. The van der Waals surface area contributed by atoms with E-state index in [-0.39, 0.29) is 5.41 Å². The van der Waals surface area contributed by atoms with E-state index in [0.717, 1.165) is 5.56 Å². The van der Waals surface area contributed by atoms with Crippen molar-refractivity contribution in [2.45, 2.75) is 26.2 Å². The summed E-state index contributed by atoms with van der Waals surface area (Å²) in [7, 11) is 4.61. The summed E-state index contributed by atoms with van der Waals surface area (Å²) >= 11 is 0. The molecule has 0 bridgehead atoms. The van der Waals surface area contributed by atoms with E-state index in [1.54, 1.807) is 14.2 Å². The summed E-state index contributed by atoms with van der Waals surface area (Å²) in [6, 6.07) is 5.83. The number of carbonyl (C=O) groups excluding carboxylic acids is 1. The fraction of sp³-hybridized carbons (Fsp3) is 0.500. The van der Waals surface area contributed by atoms with Crippen LogP contribution in [0.25, 0.3) is 0 Å². The van der Waals surface area contributed by atoms with E-state index < -0.39 is 6.09 Å². The molecule has 1 amide bonds.